The molecule has 0 amide bonds. The van der Waals surface area contributed by atoms with Gasteiger partial charge in [0.25, 0.3) is 0 Å². The molecule has 2 bridgehead atoms. The van der Waals surface area contributed by atoms with Crippen LogP contribution in [0.4, 0.5) is 0 Å². The number of fused-ring (bicyclic) bond motifs is 3. The molecule has 2 atom stereocenters. The number of aliphatic hydroxyl groups excluding tert-OH is 1. The molecule has 3 aliphatic rings. The fourth-order valence-electron chi connectivity index (χ4n) is 3.18. The van der Waals surface area contributed by atoms with Gasteiger partial charge in [-0.2, -0.15) is 5.10 Å². The first-order valence-corrected chi connectivity index (χ1v) is 7.74. The van der Waals surface area contributed by atoms with Crippen molar-refractivity contribution in [2.75, 3.05) is 32.7 Å². The van der Waals surface area contributed by atoms with Crippen molar-refractivity contribution in [3.05, 3.63) is 16.4 Å². The Morgan fingerprint density at radius 1 is 1.32 bits per heavy atom. The lowest BCUT2D eigenvalue weighted by Crippen LogP contribution is -2.62. The van der Waals surface area contributed by atoms with E-state index in [2.05, 4.69) is 44.7 Å². The summed E-state index contributed by atoms with van der Waals surface area (Å²) in [4.78, 5) is 4.85. The summed E-state index contributed by atoms with van der Waals surface area (Å²) in [6.07, 6.45) is 1.30. The van der Waals surface area contributed by atoms with Crippen molar-refractivity contribution < 1.29 is 5.11 Å². The van der Waals surface area contributed by atoms with Gasteiger partial charge in [0, 0.05) is 38.8 Å². The Kier molecular flexibility index (Phi) is 3.68. The van der Waals surface area contributed by atoms with E-state index in [4.69, 9.17) is 0 Å². The zero-order chi connectivity index (χ0) is 13.6. The second-order valence-electron chi connectivity index (χ2n) is 5.76. The minimum atomic E-state index is -0.484. The molecule has 3 fully saturated rings. The number of aliphatic hydroxyl groups is 1. The average molecular weight is 329 g/mol. The first-order valence-electron chi connectivity index (χ1n) is 6.95. The standard InChI is InChI=1S/C13H21BrN4O/c1-9(2)18-12(10(14)7-15-18)13(19)11-8-16-3-5-17(11)6-4-16/h7,9,11,13,19H,3-6,8H2,1-2H3. The van der Waals surface area contributed by atoms with Crippen LogP contribution in [0.2, 0.25) is 0 Å². The highest BCUT2D eigenvalue weighted by Gasteiger charge is 2.38. The molecule has 0 aromatic carbocycles. The smallest absolute Gasteiger partial charge is 0.113 e. The van der Waals surface area contributed by atoms with Gasteiger partial charge in [-0.25, -0.2) is 0 Å². The molecule has 0 radical (unpaired) electrons. The van der Waals surface area contributed by atoms with E-state index in [-0.39, 0.29) is 12.1 Å². The summed E-state index contributed by atoms with van der Waals surface area (Å²) in [7, 11) is 0. The molecular formula is C13H21BrN4O. The highest BCUT2D eigenvalue weighted by atomic mass is 79.9. The fraction of sp³-hybridized carbons (Fsp3) is 0.769. The maximum absolute atomic E-state index is 10.8. The number of hydrogen-bond acceptors (Lipinski definition) is 4. The molecule has 106 valence electrons. The lowest BCUT2D eigenvalue weighted by atomic mass is 10.00. The largest absolute Gasteiger partial charge is 0.385 e. The molecule has 0 spiro atoms. The van der Waals surface area contributed by atoms with E-state index in [0.29, 0.717) is 0 Å². The van der Waals surface area contributed by atoms with Crippen molar-refractivity contribution >= 4 is 15.9 Å². The molecule has 4 rings (SSSR count). The Hall–Kier alpha value is -0.430. The molecule has 1 aromatic heterocycles. The number of halogens is 1. The highest BCUT2D eigenvalue weighted by Crippen LogP contribution is 2.32. The molecule has 1 N–H and O–H groups in total. The average Bonchev–Trinajstić information content (AvgIpc) is 2.81. The molecule has 1 aromatic rings. The predicted octanol–water partition coefficient (Wildman–Crippen LogP) is 1.26. The Morgan fingerprint density at radius 2 is 2.00 bits per heavy atom. The molecule has 5 nitrogen and oxygen atoms in total. The van der Waals surface area contributed by atoms with Crippen LogP contribution in [0.15, 0.2) is 10.7 Å². The molecule has 0 aliphatic carbocycles. The van der Waals surface area contributed by atoms with E-state index in [9.17, 15) is 5.11 Å². The SMILES string of the molecule is CC(C)n1ncc(Br)c1C(O)C1CN2CCN1CC2. The molecule has 19 heavy (non-hydrogen) atoms. The Labute approximate surface area is 122 Å². The van der Waals surface area contributed by atoms with Crippen LogP contribution < -0.4 is 0 Å². The third-order valence-electron chi connectivity index (χ3n) is 4.24. The summed E-state index contributed by atoms with van der Waals surface area (Å²) in [5, 5.41) is 15.2. The van der Waals surface area contributed by atoms with Gasteiger partial charge < -0.3 is 5.11 Å². The number of nitrogens with zero attached hydrogens (tertiary/aromatic N) is 4. The van der Waals surface area contributed by atoms with Crippen LogP contribution in [-0.2, 0) is 0 Å². The summed E-state index contributed by atoms with van der Waals surface area (Å²) in [5.41, 5.74) is 0.911. The first kappa shape index (κ1) is 13.5. The van der Waals surface area contributed by atoms with E-state index >= 15 is 0 Å². The van der Waals surface area contributed by atoms with Gasteiger partial charge in [-0.15, -0.1) is 0 Å². The van der Waals surface area contributed by atoms with Crippen molar-refractivity contribution in [1.82, 2.24) is 19.6 Å². The third-order valence-corrected chi connectivity index (χ3v) is 4.85. The zero-order valence-electron chi connectivity index (χ0n) is 11.5. The van der Waals surface area contributed by atoms with Crippen LogP contribution in [0, 0.1) is 0 Å². The van der Waals surface area contributed by atoms with Crippen LogP contribution in [0.5, 0.6) is 0 Å². The van der Waals surface area contributed by atoms with Crippen molar-refractivity contribution in [2.24, 2.45) is 0 Å². The second kappa shape index (κ2) is 5.16. The maximum atomic E-state index is 10.8. The number of hydrogen-bond donors (Lipinski definition) is 1. The van der Waals surface area contributed by atoms with Gasteiger partial charge in [0.15, 0.2) is 0 Å². The van der Waals surface area contributed by atoms with Crippen LogP contribution in [0.1, 0.15) is 31.7 Å². The molecule has 2 unspecified atom stereocenters. The van der Waals surface area contributed by atoms with Crippen LogP contribution in [0.25, 0.3) is 0 Å². The van der Waals surface area contributed by atoms with Crippen molar-refractivity contribution in [3.8, 4) is 0 Å². The molecule has 0 saturated carbocycles. The number of rotatable bonds is 3. The van der Waals surface area contributed by atoms with E-state index in [1.165, 1.54) is 0 Å². The van der Waals surface area contributed by atoms with Gasteiger partial charge >= 0.3 is 0 Å². The van der Waals surface area contributed by atoms with Crippen molar-refractivity contribution in [1.29, 1.82) is 0 Å². The van der Waals surface area contributed by atoms with Gasteiger partial charge in [0.2, 0.25) is 0 Å². The Balaban J connectivity index is 1.87. The number of piperazine rings is 3. The quantitative estimate of drug-likeness (QED) is 0.907. The van der Waals surface area contributed by atoms with Crippen molar-refractivity contribution in [2.45, 2.75) is 32.0 Å². The topological polar surface area (TPSA) is 44.5 Å². The molecular weight excluding hydrogens is 308 g/mol. The second-order valence-corrected chi connectivity index (χ2v) is 6.62. The molecule has 3 saturated heterocycles. The minimum Gasteiger partial charge on any atom is -0.385 e. The lowest BCUT2D eigenvalue weighted by molar-refractivity contribution is -0.0500. The molecule has 3 aliphatic heterocycles. The number of aromatic nitrogens is 2. The maximum Gasteiger partial charge on any atom is 0.113 e. The van der Waals surface area contributed by atoms with Gasteiger partial charge in [0.1, 0.15) is 6.10 Å². The summed E-state index contributed by atoms with van der Waals surface area (Å²) >= 11 is 3.53. The summed E-state index contributed by atoms with van der Waals surface area (Å²) in [6, 6.07) is 0.444. The van der Waals surface area contributed by atoms with E-state index < -0.39 is 6.10 Å². The summed E-state index contributed by atoms with van der Waals surface area (Å²) in [5.74, 6) is 0. The zero-order valence-corrected chi connectivity index (χ0v) is 13.0. The fourth-order valence-corrected chi connectivity index (χ4v) is 3.69. The first-order chi connectivity index (χ1) is 9.08. The van der Waals surface area contributed by atoms with Crippen LogP contribution in [0.3, 0.4) is 0 Å². The van der Waals surface area contributed by atoms with E-state index in [1.807, 2.05) is 4.68 Å². The predicted molar refractivity (Wildman–Crippen MR) is 77.1 cm³/mol. The summed E-state index contributed by atoms with van der Waals surface area (Å²) < 4.78 is 2.83. The normalized spacial score (nSPS) is 31.9. The lowest BCUT2D eigenvalue weighted by Gasteiger charge is -2.49. The van der Waals surface area contributed by atoms with Gasteiger partial charge in [-0.1, -0.05) is 0 Å². The van der Waals surface area contributed by atoms with E-state index in [1.54, 1.807) is 6.20 Å². The molecule has 4 heterocycles. The van der Waals surface area contributed by atoms with Gasteiger partial charge in [-0.3, -0.25) is 14.5 Å². The highest BCUT2D eigenvalue weighted by molar-refractivity contribution is 9.10. The van der Waals surface area contributed by atoms with Gasteiger partial charge in [0.05, 0.1) is 22.4 Å². The van der Waals surface area contributed by atoms with Gasteiger partial charge in [-0.05, 0) is 29.8 Å². The van der Waals surface area contributed by atoms with Crippen LogP contribution >= 0.6 is 15.9 Å². The minimum absolute atomic E-state index is 0.188. The van der Waals surface area contributed by atoms with Crippen molar-refractivity contribution in [3.63, 3.8) is 0 Å². The Morgan fingerprint density at radius 3 is 2.53 bits per heavy atom. The molecule has 6 heteroatoms. The Bertz CT molecular complexity index is 453. The summed E-state index contributed by atoms with van der Waals surface area (Å²) in [6.45, 7) is 9.53. The van der Waals surface area contributed by atoms with E-state index in [0.717, 1.165) is 42.9 Å². The third kappa shape index (κ3) is 2.35. The van der Waals surface area contributed by atoms with Crippen LogP contribution in [-0.4, -0.2) is 63.5 Å². The monoisotopic (exact) mass is 328 g/mol.